The number of carboxylic acids is 1. The Balaban J connectivity index is 2.09. The van der Waals surface area contributed by atoms with Gasteiger partial charge in [0, 0.05) is 12.0 Å². The number of aliphatic hydroxyl groups excluding tert-OH is 1. The van der Waals surface area contributed by atoms with Crippen LogP contribution in [0.2, 0.25) is 0 Å². The van der Waals surface area contributed by atoms with Crippen molar-refractivity contribution in [3.05, 3.63) is 0 Å². The number of carboxylic acid groups (broad SMARTS) is 1. The standard InChI is InChI=1S/C14H25NO3/c1-10(14(17)18)15-9-5-4-7-12(15)11-6-2-3-8-13(11)16/h10-13,16H,2-9H2,1H3,(H,17,18). The molecular weight excluding hydrogens is 230 g/mol. The van der Waals surface area contributed by atoms with Crippen LogP contribution in [0.3, 0.4) is 0 Å². The number of likely N-dealkylation sites (tertiary alicyclic amines) is 1. The first kappa shape index (κ1) is 13.8. The van der Waals surface area contributed by atoms with Crippen molar-refractivity contribution in [1.29, 1.82) is 0 Å². The minimum Gasteiger partial charge on any atom is -0.480 e. The van der Waals surface area contributed by atoms with Gasteiger partial charge in [0.25, 0.3) is 0 Å². The van der Waals surface area contributed by atoms with E-state index in [0.29, 0.717) is 0 Å². The van der Waals surface area contributed by atoms with Crippen LogP contribution in [0.25, 0.3) is 0 Å². The van der Waals surface area contributed by atoms with Gasteiger partial charge in [-0.2, -0.15) is 0 Å². The van der Waals surface area contributed by atoms with Gasteiger partial charge in [-0.25, -0.2) is 0 Å². The van der Waals surface area contributed by atoms with Crippen molar-refractivity contribution < 1.29 is 15.0 Å². The van der Waals surface area contributed by atoms with E-state index in [1.54, 1.807) is 6.92 Å². The van der Waals surface area contributed by atoms with Gasteiger partial charge in [0.1, 0.15) is 6.04 Å². The highest BCUT2D eigenvalue weighted by molar-refractivity contribution is 5.72. The van der Waals surface area contributed by atoms with Crippen molar-refractivity contribution in [1.82, 2.24) is 4.90 Å². The van der Waals surface area contributed by atoms with Gasteiger partial charge in [0.2, 0.25) is 0 Å². The number of nitrogens with zero attached hydrogens (tertiary/aromatic N) is 1. The fourth-order valence-electron chi connectivity index (χ4n) is 3.65. The molecule has 4 unspecified atom stereocenters. The summed E-state index contributed by atoms with van der Waals surface area (Å²) in [5.74, 6) is -0.465. The largest absolute Gasteiger partial charge is 0.480 e. The number of aliphatic hydroxyl groups is 1. The molecule has 0 aromatic heterocycles. The quantitative estimate of drug-likeness (QED) is 0.808. The number of hydrogen-bond donors (Lipinski definition) is 2. The fourth-order valence-corrected chi connectivity index (χ4v) is 3.65. The van der Waals surface area contributed by atoms with E-state index in [-0.39, 0.29) is 18.1 Å². The zero-order chi connectivity index (χ0) is 13.1. The average molecular weight is 255 g/mol. The number of piperidine rings is 1. The summed E-state index contributed by atoms with van der Waals surface area (Å²) >= 11 is 0. The first-order valence-corrected chi connectivity index (χ1v) is 7.28. The van der Waals surface area contributed by atoms with E-state index in [1.165, 1.54) is 6.42 Å². The first-order chi connectivity index (χ1) is 8.61. The van der Waals surface area contributed by atoms with Crippen LogP contribution in [-0.4, -0.2) is 45.8 Å². The van der Waals surface area contributed by atoms with Gasteiger partial charge in [0.05, 0.1) is 6.10 Å². The fraction of sp³-hybridized carbons (Fsp3) is 0.929. The summed E-state index contributed by atoms with van der Waals surface area (Å²) in [5, 5.41) is 19.4. The van der Waals surface area contributed by atoms with Gasteiger partial charge in [-0.15, -0.1) is 0 Å². The van der Waals surface area contributed by atoms with E-state index in [1.807, 2.05) is 0 Å². The van der Waals surface area contributed by atoms with Crippen molar-refractivity contribution in [2.75, 3.05) is 6.54 Å². The van der Waals surface area contributed by atoms with Crippen LogP contribution in [0.5, 0.6) is 0 Å². The Labute approximate surface area is 109 Å². The second kappa shape index (κ2) is 6.02. The zero-order valence-electron chi connectivity index (χ0n) is 11.2. The molecule has 1 aliphatic heterocycles. The lowest BCUT2D eigenvalue weighted by molar-refractivity contribution is -0.145. The molecule has 0 spiro atoms. The molecule has 1 saturated heterocycles. The molecule has 4 nitrogen and oxygen atoms in total. The zero-order valence-corrected chi connectivity index (χ0v) is 11.2. The van der Waals surface area contributed by atoms with Gasteiger partial charge >= 0.3 is 5.97 Å². The molecule has 2 rings (SSSR count). The molecule has 0 bridgehead atoms. The summed E-state index contributed by atoms with van der Waals surface area (Å²) < 4.78 is 0. The highest BCUT2D eigenvalue weighted by Crippen LogP contribution is 2.34. The molecule has 4 atom stereocenters. The Kier molecular flexibility index (Phi) is 4.62. The van der Waals surface area contributed by atoms with E-state index < -0.39 is 12.0 Å². The number of hydrogen-bond acceptors (Lipinski definition) is 3. The van der Waals surface area contributed by atoms with Gasteiger partial charge in [-0.1, -0.05) is 19.3 Å². The van der Waals surface area contributed by atoms with E-state index in [9.17, 15) is 15.0 Å². The highest BCUT2D eigenvalue weighted by atomic mass is 16.4. The first-order valence-electron chi connectivity index (χ1n) is 7.28. The Morgan fingerprint density at radius 2 is 1.83 bits per heavy atom. The van der Waals surface area contributed by atoms with E-state index in [2.05, 4.69) is 4.90 Å². The maximum Gasteiger partial charge on any atom is 0.320 e. The Morgan fingerprint density at radius 3 is 2.50 bits per heavy atom. The molecule has 4 heteroatoms. The van der Waals surface area contributed by atoms with Gasteiger partial charge in [-0.3, -0.25) is 9.69 Å². The molecule has 2 aliphatic rings. The van der Waals surface area contributed by atoms with Crippen molar-refractivity contribution >= 4 is 5.97 Å². The van der Waals surface area contributed by atoms with Gasteiger partial charge < -0.3 is 10.2 Å². The van der Waals surface area contributed by atoms with Crippen molar-refractivity contribution in [2.45, 2.75) is 70.1 Å². The minimum atomic E-state index is -0.743. The Bertz CT molecular complexity index is 295. The predicted molar refractivity (Wildman–Crippen MR) is 69.4 cm³/mol. The normalized spacial score (nSPS) is 36.2. The topological polar surface area (TPSA) is 60.8 Å². The third-order valence-corrected chi connectivity index (χ3v) is 4.72. The second-order valence-electron chi connectivity index (χ2n) is 5.83. The Morgan fingerprint density at radius 1 is 1.17 bits per heavy atom. The maximum absolute atomic E-state index is 11.2. The van der Waals surface area contributed by atoms with Crippen LogP contribution in [-0.2, 0) is 4.79 Å². The smallest absolute Gasteiger partial charge is 0.320 e. The lowest BCUT2D eigenvalue weighted by Gasteiger charge is -2.45. The molecule has 0 radical (unpaired) electrons. The molecular formula is C14H25NO3. The molecule has 2 fully saturated rings. The molecule has 1 saturated carbocycles. The third-order valence-electron chi connectivity index (χ3n) is 4.72. The number of aliphatic carboxylic acids is 1. The molecule has 0 amide bonds. The van der Waals surface area contributed by atoms with Crippen LogP contribution >= 0.6 is 0 Å². The van der Waals surface area contributed by atoms with Crippen LogP contribution in [0.4, 0.5) is 0 Å². The summed E-state index contributed by atoms with van der Waals surface area (Å²) in [6.07, 6.45) is 7.27. The monoisotopic (exact) mass is 255 g/mol. The summed E-state index contributed by atoms with van der Waals surface area (Å²) in [5.41, 5.74) is 0. The highest BCUT2D eigenvalue weighted by Gasteiger charge is 2.38. The van der Waals surface area contributed by atoms with E-state index in [0.717, 1.165) is 45.1 Å². The Hall–Kier alpha value is -0.610. The second-order valence-corrected chi connectivity index (χ2v) is 5.83. The third kappa shape index (κ3) is 2.86. The molecule has 1 heterocycles. The lowest BCUT2D eigenvalue weighted by atomic mass is 9.77. The van der Waals surface area contributed by atoms with Crippen LogP contribution < -0.4 is 0 Å². The van der Waals surface area contributed by atoms with E-state index in [4.69, 9.17) is 0 Å². The molecule has 18 heavy (non-hydrogen) atoms. The number of rotatable bonds is 3. The predicted octanol–water partition coefficient (Wildman–Crippen LogP) is 1.87. The van der Waals surface area contributed by atoms with Crippen LogP contribution in [0.15, 0.2) is 0 Å². The molecule has 1 aliphatic carbocycles. The molecule has 2 N–H and O–H groups in total. The summed E-state index contributed by atoms with van der Waals surface area (Å²) in [6.45, 7) is 2.64. The number of carbonyl (C=O) groups is 1. The maximum atomic E-state index is 11.2. The summed E-state index contributed by atoms with van der Waals surface area (Å²) in [6, 6.07) is -0.162. The summed E-state index contributed by atoms with van der Waals surface area (Å²) in [4.78, 5) is 13.3. The average Bonchev–Trinajstić information content (AvgIpc) is 2.38. The molecule has 0 aromatic carbocycles. The van der Waals surface area contributed by atoms with Crippen molar-refractivity contribution in [3.63, 3.8) is 0 Å². The van der Waals surface area contributed by atoms with E-state index >= 15 is 0 Å². The summed E-state index contributed by atoms with van der Waals surface area (Å²) in [7, 11) is 0. The van der Waals surface area contributed by atoms with Gasteiger partial charge in [-0.05, 0) is 39.2 Å². The van der Waals surface area contributed by atoms with Crippen LogP contribution in [0, 0.1) is 5.92 Å². The molecule has 104 valence electrons. The van der Waals surface area contributed by atoms with Crippen LogP contribution in [0.1, 0.15) is 51.9 Å². The minimum absolute atomic E-state index is 0.231. The lowest BCUT2D eigenvalue weighted by Crippen LogP contribution is -2.54. The SMILES string of the molecule is CC(C(=O)O)N1CCCCC1C1CCCCC1O. The molecule has 0 aromatic rings. The van der Waals surface area contributed by atoms with Crippen molar-refractivity contribution in [2.24, 2.45) is 5.92 Å². The van der Waals surface area contributed by atoms with Crippen molar-refractivity contribution in [3.8, 4) is 0 Å². The van der Waals surface area contributed by atoms with Gasteiger partial charge in [0.15, 0.2) is 0 Å².